The Balaban J connectivity index is 1.81. The van der Waals surface area contributed by atoms with Gasteiger partial charge in [-0.3, -0.25) is 13.9 Å². The number of nitrogens with zero attached hydrogens (tertiary/aromatic N) is 2. The minimum absolute atomic E-state index is 0.0636. The van der Waals surface area contributed by atoms with E-state index in [1.54, 1.807) is 36.4 Å². The lowest BCUT2D eigenvalue weighted by Gasteiger charge is -2.35. The summed E-state index contributed by atoms with van der Waals surface area (Å²) >= 11 is 6.92. The molecule has 10 heteroatoms. The van der Waals surface area contributed by atoms with Crippen LogP contribution in [0.25, 0.3) is 0 Å². The Hall–Kier alpha value is -3.47. The molecule has 4 aromatic carbocycles. The summed E-state index contributed by atoms with van der Waals surface area (Å²) in [6.07, 6.45) is 0.242. The fourth-order valence-corrected chi connectivity index (χ4v) is 6.94. The molecule has 0 aliphatic rings. The normalized spacial score (nSPS) is 12.3. The summed E-state index contributed by atoms with van der Waals surface area (Å²) in [6, 6.07) is 29.3. The van der Waals surface area contributed by atoms with E-state index in [0.717, 1.165) is 29.9 Å². The number of anilines is 1. The highest BCUT2D eigenvalue weighted by atomic mass is 79.9. The van der Waals surface area contributed by atoms with E-state index in [-0.39, 0.29) is 23.8 Å². The molecule has 0 bridgehead atoms. The number of hydrogen-bond acceptors (Lipinski definition) is 4. The van der Waals surface area contributed by atoms with Crippen LogP contribution in [0.2, 0.25) is 0 Å². The molecule has 236 valence electrons. The van der Waals surface area contributed by atoms with Crippen molar-refractivity contribution in [3.63, 3.8) is 0 Å². The molecule has 1 atom stereocenters. The third-order valence-corrected chi connectivity index (χ3v) is 9.82. The third kappa shape index (κ3) is 9.51. The highest BCUT2D eigenvalue weighted by Gasteiger charge is 2.35. The van der Waals surface area contributed by atoms with Crippen molar-refractivity contribution >= 4 is 59.4 Å². The predicted molar refractivity (Wildman–Crippen MR) is 186 cm³/mol. The van der Waals surface area contributed by atoms with Crippen molar-refractivity contribution in [2.45, 2.75) is 57.1 Å². The van der Waals surface area contributed by atoms with Gasteiger partial charge in [0.25, 0.3) is 10.0 Å². The highest BCUT2D eigenvalue weighted by molar-refractivity contribution is 9.10. The first-order valence-electron chi connectivity index (χ1n) is 14.5. The maximum atomic E-state index is 14.5. The van der Waals surface area contributed by atoms with Crippen LogP contribution in [0.15, 0.2) is 117 Å². The van der Waals surface area contributed by atoms with Crippen LogP contribution in [0.5, 0.6) is 0 Å². The maximum absolute atomic E-state index is 14.5. The number of halogens is 2. The van der Waals surface area contributed by atoms with Gasteiger partial charge in [-0.15, -0.1) is 0 Å². The van der Waals surface area contributed by atoms with Crippen LogP contribution in [0, 0.1) is 6.92 Å². The first kappa shape index (κ1) is 34.4. The van der Waals surface area contributed by atoms with E-state index in [4.69, 9.17) is 0 Å². The average molecular weight is 756 g/mol. The third-order valence-electron chi connectivity index (χ3n) is 7.01. The molecule has 0 radical (unpaired) electrons. The quantitative estimate of drug-likeness (QED) is 0.175. The van der Waals surface area contributed by atoms with Gasteiger partial charge in [0.15, 0.2) is 0 Å². The lowest BCUT2D eigenvalue weighted by molar-refractivity contribution is -0.140. The molecule has 2 amide bonds. The summed E-state index contributed by atoms with van der Waals surface area (Å²) in [5, 5.41) is 3.05. The van der Waals surface area contributed by atoms with Gasteiger partial charge < -0.3 is 10.2 Å². The van der Waals surface area contributed by atoms with Crippen LogP contribution in [-0.2, 0) is 32.6 Å². The minimum Gasteiger partial charge on any atom is -0.350 e. The second-order valence-electron chi connectivity index (χ2n) is 11.9. The largest absolute Gasteiger partial charge is 0.350 e. The standard InChI is InChI=1S/C35H37Br2N3O4S/c1-25-13-19-31(20-14-25)45(43,44)40(30-17-15-28(36)16-18-30)24-33(41)39(23-27-11-8-12-29(37)21-27)32(34(42)38-35(2,3)4)22-26-9-6-5-7-10-26/h5-21,32H,22-24H2,1-4H3,(H,38,42)/t32-/m0/s1. The zero-order valence-corrected chi connectivity index (χ0v) is 29.7. The zero-order valence-electron chi connectivity index (χ0n) is 25.7. The lowest BCUT2D eigenvalue weighted by Crippen LogP contribution is -2.56. The second-order valence-corrected chi connectivity index (χ2v) is 15.6. The maximum Gasteiger partial charge on any atom is 0.264 e. The molecule has 0 saturated heterocycles. The number of nitrogens with one attached hydrogen (secondary N) is 1. The molecule has 0 saturated carbocycles. The number of rotatable bonds is 11. The molecule has 1 N–H and O–H groups in total. The molecular weight excluding hydrogens is 718 g/mol. The molecule has 0 aromatic heterocycles. The van der Waals surface area contributed by atoms with Gasteiger partial charge in [-0.05, 0) is 87.4 Å². The Morgan fingerprint density at radius 2 is 1.42 bits per heavy atom. The van der Waals surface area contributed by atoms with Crippen molar-refractivity contribution in [1.82, 2.24) is 10.2 Å². The molecule has 0 unspecified atom stereocenters. The Morgan fingerprint density at radius 3 is 2.02 bits per heavy atom. The van der Waals surface area contributed by atoms with Crippen LogP contribution in [0.3, 0.4) is 0 Å². The fraction of sp³-hybridized carbons (Fsp3) is 0.257. The van der Waals surface area contributed by atoms with Crippen molar-refractivity contribution in [2.24, 2.45) is 0 Å². The number of hydrogen-bond donors (Lipinski definition) is 1. The monoisotopic (exact) mass is 753 g/mol. The van der Waals surface area contributed by atoms with Crippen LogP contribution < -0.4 is 9.62 Å². The molecule has 0 aliphatic heterocycles. The molecule has 0 fully saturated rings. The van der Waals surface area contributed by atoms with E-state index in [1.165, 1.54) is 17.0 Å². The van der Waals surface area contributed by atoms with Gasteiger partial charge >= 0.3 is 0 Å². The number of benzene rings is 4. The molecule has 4 aromatic rings. The minimum atomic E-state index is -4.16. The van der Waals surface area contributed by atoms with Gasteiger partial charge in [0.2, 0.25) is 11.8 Å². The van der Waals surface area contributed by atoms with Crippen molar-refractivity contribution < 1.29 is 18.0 Å². The van der Waals surface area contributed by atoms with Crippen molar-refractivity contribution in [2.75, 3.05) is 10.8 Å². The van der Waals surface area contributed by atoms with Gasteiger partial charge in [-0.2, -0.15) is 0 Å². The number of carbonyl (C=O) groups excluding carboxylic acids is 2. The first-order chi connectivity index (χ1) is 21.2. The molecule has 4 rings (SSSR count). The van der Waals surface area contributed by atoms with E-state index in [0.29, 0.717) is 5.69 Å². The number of carbonyl (C=O) groups is 2. The number of aryl methyl sites for hydroxylation is 1. The van der Waals surface area contributed by atoms with Gasteiger partial charge in [-0.1, -0.05) is 92.0 Å². The molecular formula is C35H37Br2N3O4S. The van der Waals surface area contributed by atoms with Crippen molar-refractivity contribution in [3.8, 4) is 0 Å². The first-order valence-corrected chi connectivity index (χ1v) is 17.5. The topological polar surface area (TPSA) is 86.8 Å². The highest BCUT2D eigenvalue weighted by Crippen LogP contribution is 2.27. The number of sulfonamides is 1. The summed E-state index contributed by atoms with van der Waals surface area (Å²) in [4.78, 5) is 30.1. The van der Waals surface area contributed by atoms with E-state index in [9.17, 15) is 18.0 Å². The van der Waals surface area contributed by atoms with E-state index in [2.05, 4.69) is 37.2 Å². The van der Waals surface area contributed by atoms with E-state index >= 15 is 0 Å². The molecule has 0 heterocycles. The fourth-order valence-electron chi connectivity index (χ4n) is 4.81. The second kappa shape index (κ2) is 14.7. The van der Waals surface area contributed by atoms with E-state index in [1.807, 2.05) is 82.3 Å². The smallest absolute Gasteiger partial charge is 0.264 e. The lowest BCUT2D eigenvalue weighted by atomic mass is 10.0. The Labute approximate surface area is 283 Å². The van der Waals surface area contributed by atoms with Crippen LogP contribution in [-0.4, -0.2) is 43.3 Å². The van der Waals surface area contributed by atoms with Gasteiger partial charge in [0.1, 0.15) is 12.6 Å². The average Bonchev–Trinajstić information content (AvgIpc) is 2.98. The summed E-state index contributed by atoms with van der Waals surface area (Å²) in [7, 11) is -4.16. The Bertz CT molecular complexity index is 1720. The van der Waals surface area contributed by atoms with E-state index < -0.39 is 34.1 Å². The van der Waals surface area contributed by atoms with Crippen molar-refractivity contribution in [3.05, 3.63) is 129 Å². The zero-order chi connectivity index (χ0) is 32.8. The van der Waals surface area contributed by atoms with Crippen LogP contribution >= 0.6 is 31.9 Å². The summed E-state index contributed by atoms with van der Waals surface area (Å²) in [6.45, 7) is 7.10. The molecule has 0 aliphatic carbocycles. The summed E-state index contributed by atoms with van der Waals surface area (Å²) in [5.74, 6) is -0.843. The molecule has 0 spiro atoms. The summed E-state index contributed by atoms with van der Waals surface area (Å²) in [5.41, 5.74) is 2.34. The Morgan fingerprint density at radius 1 is 0.800 bits per heavy atom. The Kier molecular flexibility index (Phi) is 11.3. The predicted octanol–water partition coefficient (Wildman–Crippen LogP) is 7.27. The van der Waals surface area contributed by atoms with Crippen molar-refractivity contribution in [1.29, 1.82) is 0 Å². The molecule has 45 heavy (non-hydrogen) atoms. The van der Waals surface area contributed by atoms with Crippen LogP contribution in [0.1, 0.15) is 37.5 Å². The molecule has 7 nitrogen and oxygen atoms in total. The van der Waals surface area contributed by atoms with Gasteiger partial charge in [0.05, 0.1) is 10.6 Å². The van der Waals surface area contributed by atoms with Gasteiger partial charge in [-0.25, -0.2) is 8.42 Å². The summed E-state index contributed by atoms with van der Waals surface area (Å²) < 4.78 is 31.0. The number of amides is 2. The SMILES string of the molecule is Cc1ccc(S(=O)(=O)N(CC(=O)N(Cc2cccc(Br)c2)[C@@H](Cc2ccccc2)C(=O)NC(C)(C)C)c2ccc(Br)cc2)cc1. The van der Waals surface area contributed by atoms with Crippen LogP contribution in [0.4, 0.5) is 5.69 Å². The van der Waals surface area contributed by atoms with Gasteiger partial charge in [0, 0.05) is 27.4 Å².